The first kappa shape index (κ1) is 25.4. The molecule has 1 heterocycles. The Balaban J connectivity index is 1.72. The summed E-state index contributed by atoms with van der Waals surface area (Å²) >= 11 is 0. The molecule has 3 aromatic rings. The summed E-state index contributed by atoms with van der Waals surface area (Å²) in [5, 5.41) is 2.91. The molecule has 37 heavy (non-hydrogen) atoms. The van der Waals surface area contributed by atoms with Crippen molar-refractivity contribution in [2.45, 2.75) is 13.3 Å². The van der Waals surface area contributed by atoms with Crippen LogP contribution in [0.2, 0.25) is 0 Å². The van der Waals surface area contributed by atoms with Crippen molar-refractivity contribution >= 4 is 23.2 Å². The smallest absolute Gasteiger partial charge is 0.256 e. The number of nitrogens with zero attached hydrogens (tertiary/aromatic N) is 1. The van der Waals surface area contributed by atoms with Gasteiger partial charge >= 0.3 is 0 Å². The normalized spacial score (nSPS) is 13.5. The van der Waals surface area contributed by atoms with E-state index in [1.165, 1.54) is 14.2 Å². The number of aromatic nitrogens is 1. The van der Waals surface area contributed by atoms with E-state index in [9.17, 15) is 14.4 Å². The summed E-state index contributed by atoms with van der Waals surface area (Å²) in [5.41, 5.74) is 3.69. The Bertz CT molecular complexity index is 1420. The van der Waals surface area contributed by atoms with Crippen molar-refractivity contribution in [3.8, 4) is 16.9 Å². The molecule has 0 bridgehead atoms. The van der Waals surface area contributed by atoms with Crippen molar-refractivity contribution in [1.82, 2.24) is 4.98 Å². The molecule has 1 aliphatic rings. The van der Waals surface area contributed by atoms with Crippen LogP contribution < -0.4 is 10.1 Å². The number of carbonyl (C=O) groups is 3. The minimum atomic E-state index is -0.419. The number of ether oxygens (including phenoxy) is 3. The second-order valence-electron chi connectivity index (χ2n) is 8.31. The number of rotatable bonds is 8. The highest BCUT2D eigenvalue weighted by Gasteiger charge is 2.34. The number of methoxy groups -OCH3 is 3. The van der Waals surface area contributed by atoms with Gasteiger partial charge in [-0.3, -0.25) is 19.4 Å². The molecular formula is C29H26N2O6. The zero-order valence-electron chi connectivity index (χ0n) is 21.0. The van der Waals surface area contributed by atoms with Crippen LogP contribution in [0.1, 0.15) is 22.8 Å². The first-order chi connectivity index (χ1) is 17.9. The Morgan fingerprint density at radius 2 is 1.59 bits per heavy atom. The molecule has 0 aliphatic heterocycles. The highest BCUT2D eigenvalue weighted by atomic mass is 16.5. The number of anilines is 1. The highest BCUT2D eigenvalue weighted by molar-refractivity contribution is 6.23. The van der Waals surface area contributed by atoms with E-state index in [2.05, 4.69) is 10.3 Å². The number of benzene rings is 2. The molecule has 0 radical (unpaired) electrons. The van der Waals surface area contributed by atoms with Crippen molar-refractivity contribution in [3.63, 3.8) is 0 Å². The Morgan fingerprint density at radius 3 is 2.22 bits per heavy atom. The monoisotopic (exact) mass is 498 g/mol. The third-order valence-corrected chi connectivity index (χ3v) is 6.12. The van der Waals surface area contributed by atoms with Gasteiger partial charge in [-0.05, 0) is 54.4 Å². The standard InChI is InChI=1S/C29H26N2O6/c1-17-23(26(33)28(37-4)27(36-3)25(17)32)14-18-7-12-22(19-6-5-13-30-16-19)24(15-18)29(34)31-20-8-10-21(35-2)11-9-20/h5-13,15-16H,14H2,1-4H3,(H,31,34). The number of allylic oxidation sites excluding steroid dienone is 2. The van der Waals surface area contributed by atoms with E-state index >= 15 is 0 Å². The third kappa shape index (κ3) is 5.13. The maximum Gasteiger partial charge on any atom is 0.256 e. The van der Waals surface area contributed by atoms with Gasteiger partial charge in [0.1, 0.15) is 5.75 Å². The maximum absolute atomic E-state index is 13.4. The summed E-state index contributed by atoms with van der Waals surface area (Å²) in [6.45, 7) is 1.59. The predicted molar refractivity (Wildman–Crippen MR) is 138 cm³/mol. The summed E-state index contributed by atoms with van der Waals surface area (Å²) in [7, 11) is 4.22. The molecule has 1 aliphatic carbocycles. The van der Waals surface area contributed by atoms with Gasteiger partial charge in [-0.15, -0.1) is 0 Å². The zero-order chi connectivity index (χ0) is 26.5. The molecule has 8 heteroatoms. The molecule has 1 amide bonds. The van der Waals surface area contributed by atoms with Gasteiger partial charge < -0.3 is 19.5 Å². The summed E-state index contributed by atoms with van der Waals surface area (Å²) in [6.07, 6.45) is 3.47. The maximum atomic E-state index is 13.4. The average Bonchev–Trinajstić information content (AvgIpc) is 2.93. The van der Waals surface area contributed by atoms with Crippen LogP contribution in [0.5, 0.6) is 5.75 Å². The van der Waals surface area contributed by atoms with E-state index in [0.29, 0.717) is 33.7 Å². The topological polar surface area (TPSA) is 104 Å². The summed E-state index contributed by atoms with van der Waals surface area (Å²) in [4.78, 5) is 43.5. The lowest BCUT2D eigenvalue weighted by molar-refractivity contribution is -0.121. The van der Waals surface area contributed by atoms with E-state index in [1.807, 2.05) is 18.2 Å². The van der Waals surface area contributed by atoms with Crippen LogP contribution in [0.4, 0.5) is 5.69 Å². The molecule has 4 rings (SSSR count). The predicted octanol–water partition coefficient (Wildman–Crippen LogP) is 4.52. The number of nitrogens with one attached hydrogen (secondary N) is 1. The van der Waals surface area contributed by atoms with Crippen molar-refractivity contribution in [2.75, 3.05) is 26.6 Å². The minimum absolute atomic E-state index is 0.111. The summed E-state index contributed by atoms with van der Waals surface area (Å²) < 4.78 is 15.5. The number of hydrogen-bond acceptors (Lipinski definition) is 7. The molecule has 8 nitrogen and oxygen atoms in total. The fraction of sp³-hybridized carbons (Fsp3) is 0.172. The first-order valence-corrected chi connectivity index (χ1v) is 11.5. The van der Waals surface area contributed by atoms with Gasteiger partial charge in [-0.1, -0.05) is 18.2 Å². The van der Waals surface area contributed by atoms with Crippen molar-refractivity contribution in [3.05, 3.63) is 101 Å². The number of carbonyl (C=O) groups excluding carboxylic acids is 3. The molecule has 1 N–H and O–H groups in total. The van der Waals surface area contributed by atoms with Crippen LogP contribution in [-0.2, 0) is 25.5 Å². The number of hydrogen-bond donors (Lipinski definition) is 1. The number of pyridine rings is 1. The van der Waals surface area contributed by atoms with E-state index in [4.69, 9.17) is 14.2 Å². The fourth-order valence-electron chi connectivity index (χ4n) is 4.14. The van der Waals surface area contributed by atoms with Gasteiger partial charge in [0.05, 0.1) is 21.3 Å². The lowest BCUT2D eigenvalue weighted by atomic mass is 9.87. The summed E-state index contributed by atoms with van der Waals surface area (Å²) in [6, 6.07) is 16.0. The van der Waals surface area contributed by atoms with Gasteiger partial charge in [0.25, 0.3) is 5.91 Å². The minimum Gasteiger partial charge on any atom is -0.497 e. The van der Waals surface area contributed by atoms with Gasteiger partial charge in [-0.25, -0.2) is 0 Å². The van der Waals surface area contributed by atoms with Crippen molar-refractivity contribution < 1.29 is 28.6 Å². The van der Waals surface area contributed by atoms with Gasteiger partial charge in [0, 0.05) is 46.8 Å². The van der Waals surface area contributed by atoms with Crippen LogP contribution >= 0.6 is 0 Å². The van der Waals surface area contributed by atoms with Crippen molar-refractivity contribution in [2.24, 2.45) is 0 Å². The van der Waals surface area contributed by atoms with Crippen LogP contribution in [0.15, 0.2) is 89.7 Å². The molecule has 2 aromatic carbocycles. The van der Waals surface area contributed by atoms with Gasteiger partial charge in [0.2, 0.25) is 23.1 Å². The van der Waals surface area contributed by atoms with Gasteiger partial charge in [-0.2, -0.15) is 0 Å². The third-order valence-electron chi connectivity index (χ3n) is 6.12. The molecule has 0 saturated heterocycles. The van der Waals surface area contributed by atoms with E-state index < -0.39 is 11.6 Å². The Morgan fingerprint density at radius 1 is 0.892 bits per heavy atom. The number of ketones is 2. The van der Waals surface area contributed by atoms with Crippen LogP contribution in [0.3, 0.4) is 0 Å². The largest absolute Gasteiger partial charge is 0.497 e. The van der Waals surface area contributed by atoms with Gasteiger partial charge in [0.15, 0.2) is 0 Å². The Kier molecular flexibility index (Phi) is 7.48. The first-order valence-electron chi connectivity index (χ1n) is 11.5. The fourth-order valence-corrected chi connectivity index (χ4v) is 4.14. The van der Waals surface area contributed by atoms with Crippen LogP contribution in [0.25, 0.3) is 11.1 Å². The van der Waals surface area contributed by atoms with E-state index in [0.717, 1.165) is 5.56 Å². The Hall–Kier alpha value is -4.72. The molecule has 0 saturated carbocycles. The molecule has 0 unspecified atom stereocenters. The zero-order valence-corrected chi connectivity index (χ0v) is 21.0. The lowest BCUT2D eigenvalue weighted by Gasteiger charge is -2.20. The molecule has 0 fully saturated rings. The van der Waals surface area contributed by atoms with E-state index in [1.54, 1.807) is 62.8 Å². The lowest BCUT2D eigenvalue weighted by Crippen LogP contribution is -2.26. The molecular weight excluding hydrogens is 472 g/mol. The SMILES string of the molecule is COC1=C(OC)C(=O)C(Cc2ccc(-c3cccnc3)c(C(=O)Nc3ccc(OC)cc3)c2)=C(C)C1=O. The average molecular weight is 499 g/mol. The van der Waals surface area contributed by atoms with Crippen LogP contribution in [0, 0.1) is 0 Å². The molecule has 1 aromatic heterocycles. The highest BCUT2D eigenvalue weighted by Crippen LogP contribution is 2.30. The second-order valence-corrected chi connectivity index (χ2v) is 8.31. The van der Waals surface area contributed by atoms with E-state index in [-0.39, 0.29) is 29.4 Å². The quantitative estimate of drug-likeness (QED) is 0.455. The second kappa shape index (κ2) is 10.9. The summed E-state index contributed by atoms with van der Waals surface area (Å²) in [5.74, 6) is -0.720. The number of amides is 1. The molecule has 0 atom stereocenters. The van der Waals surface area contributed by atoms with Crippen molar-refractivity contribution in [1.29, 1.82) is 0 Å². The number of Topliss-reactive ketones (excluding diaryl/α,β-unsaturated/α-hetero) is 2. The van der Waals surface area contributed by atoms with Crippen LogP contribution in [-0.4, -0.2) is 43.8 Å². The molecule has 0 spiro atoms. The Labute approximate surface area is 214 Å². The molecule has 188 valence electrons.